The van der Waals surface area contributed by atoms with Crippen LogP contribution in [0, 0.1) is 22.7 Å². The van der Waals surface area contributed by atoms with Crippen molar-refractivity contribution in [3.63, 3.8) is 0 Å². The molecule has 0 saturated heterocycles. The van der Waals surface area contributed by atoms with Gasteiger partial charge < -0.3 is 9.47 Å². The van der Waals surface area contributed by atoms with Gasteiger partial charge in [-0.1, -0.05) is 53.7 Å². The number of rotatable bonds is 4. The lowest BCUT2D eigenvalue weighted by Gasteiger charge is -2.22. The Morgan fingerprint density at radius 2 is 1.28 bits per heavy atom. The monoisotopic (exact) mass is 450 g/mol. The van der Waals surface area contributed by atoms with Crippen LogP contribution in [0.4, 0.5) is 17.6 Å². The fraction of sp³-hybridized carbons (Fsp3) is 0.417. The van der Waals surface area contributed by atoms with Gasteiger partial charge in [-0.25, -0.2) is 0 Å². The molecule has 0 atom stereocenters. The lowest BCUT2D eigenvalue weighted by atomic mass is 9.86. The van der Waals surface area contributed by atoms with Crippen molar-refractivity contribution in [1.82, 2.24) is 0 Å². The lowest BCUT2D eigenvalue weighted by molar-refractivity contribution is -0.0512. The van der Waals surface area contributed by atoms with Crippen molar-refractivity contribution in [2.24, 2.45) is 0 Å². The van der Waals surface area contributed by atoms with E-state index in [0.29, 0.717) is 11.1 Å². The van der Waals surface area contributed by atoms with Crippen LogP contribution in [0.2, 0.25) is 0 Å². The van der Waals surface area contributed by atoms with E-state index in [4.69, 9.17) is 10.5 Å². The highest BCUT2D eigenvalue weighted by Crippen LogP contribution is 2.33. The molecule has 0 aliphatic carbocycles. The van der Waals surface area contributed by atoms with Gasteiger partial charge in [0.2, 0.25) is 0 Å². The summed E-state index contributed by atoms with van der Waals surface area (Å²) in [7, 11) is 0. The molecule has 4 nitrogen and oxygen atoms in total. The molecule has 0 saturated carbocycles. The Kier molecular flexibility index (Phi) is 9.09. The van der Waals surface area contributed by atoms with E-state index in [1.165, 1.54) is 18.2 Å². The van der Waals surface area contributed by atoms with Crippen molar-refractivity contribution >= 4 is 0 Å². The number of hydrogen-bond acceptors (Lipinski definition) is 4. The first kappa shape index (κ1) is 26.8. The summed E-state index contributed by atoms with van der Waals surface area (Å²) in [6.45, 7) is 5.77. The second-order valence-corrected chi connectivity index (χ2v) is 8.90. The Balaban J connectivity index is 0.000000320. The topological polar surface area (TPSA) is 66.0 Å². The van der Waals surface area contributed by atoms with E-state index < -0.39 is 13.2 Å². The summed E-state index contributed by atoms with van der Waals surface area (Å²) in [6, 6.07) is 13.0. The molecule has 2 aromatic carbocycles. The zero-order valence-corrected chi connectivity index (χ0v) is 18.8. The van der Waals surface area contributed by atoms with Gasteiger partial charge >= 0.3 is 13.2 Å². The van der Waals surface area contributed by atoms with Crippen LogP contribution in [-0.4, -0.2) is 13.2 Å². The van der Waals surface area contributed by atoms with Crippen molar-refractivity contribution in [3.05, 3.63) is 58.7 Å². The maximum Gasteiger partial charge on any atom is 0.387 e. The molecular formula is C24H26F4N2O2. The SMILES string of the molecule is CC(C)(C)c1ccc(C#N)c(OC(F)F)c1.CC(C)(C)c1ccc(C#N)cc1OC(F)F. The highest BCUT2D eigenvalue weighted by atomic mass is 19.3. The van der Waals surface area contributed by atoms with Gasteiger partial charge in [-0.15, -0.1) is 0 Å². The van der Waals surface area contributed by atoms with E-state index in [1.54, 1.807) is 18.2 Å². The number of ether oxygens (including phenoxy) is 2. The third-order valence-corrected chi connectivity index (χ3v) is 4.32. The quantitative estimate of drug-likeness (QED) is 0.475. The Labute approximate surface area is 186 Å². The molecular weight excluding hydrogens is 424 g/mol. The summed E-state index contributed by atoms with van der Waals surface area (Å²) >= 11 is 0. The predicted molar refractivity (Wildman–Crippen MR) is 113 cm³/mol. The zero-order valence-electron chi connectivity index (χ0n) is 18.8. The number of hydrogen-bond donors (Lipinski definition) is 0. The first-order chi connectivity index (χ1) is 14.7. The van der Waals surface area contributed by atoms with Gasteiger partial charge in [0.25, 0.3) is 0 Å². The molecule has 0 radical (unpaired) electrons. The van der Waals surface area contributed by atoms with Crippen molar-refractivity contribution in [3.8, 4) is 23.6 Å². The highest BCUT2D eigenvalue weighted by Gasteiger charge is 2.21. The minimum atomic E-state index is -2.91. The van der Waals surface area contributed by atoms with E-state index in [-0.39, 0.29) is 27.9 Å². The molecule has 0 heterocycles. The second kappa shape index (κ2) is 10.9. The molecule has 0 aliphatic rings. The van der Waals surface area contributed by atoms with Crippen molar-refractivity contribution in [2.75, 3.05) is 0 Å². The molecule has 2 aromatic rings. The summed E-state index contributed by atoms with van der Waals surface area (Å²) in [4.78, 5) is 0. The minimum absolute atomic E-state index is 0.0649. The van der Waals surface area contributed by atoms with E-state index in [9.17, 15) is 17.6 Å². The van der Waals surface area contributed by atoms with Gasteiger partial charge in [-0.05, 0) is 46.2 Å². The molecule has 0 N–H and O–H groups in total. The number of alkyl halides is 4. The number of nitrogens with zero attached hydrogens (tertiary/aromatic N) is 2. The molecule has 0 spiro atoms. The molecule has 2 rings (SSSR count). The third-order valence-electron chi connectivity index (χ3n) is 4.32. The first-order valence-corrected chi connectivity index (χ1v) is 9.68. The summed E-state index contributed by atoms with van der Waals surface area (Å²) < 4.78 is 57.5. The molecule has 32 heavy (non-hydrogen) atoms. The molecule has 8 heteroatoms. The summed E-state index contributed by atoms with van der Waals surface area (Å²) in [5.74, 6) is 0.00600. The van der Waals surface area contributed by atoms with Gasteiger partial charge in [0.15, 0.2) is 0 Å². The van der Waals surface area contributed by atoms with E-state index in [1.807, 2.05) is 53.7 Å². The van der Waals surface area contributed by atoms with E-state index in [2.05, 4.69) is 9.47 Å². The van der Waals surface area contributed by atoms with Crippen molar-refractivity contribution in [2.45, 2.75) is 65.6 Å². The summed E-state index contributed by atoms with van der Waals surface area (Å²) in [6.07, 6.45) is 0. The highest BCUT2D eigenvalue weighted by molar-refractivity contribution is 5.47. The molecule has 0 aromatic heterocycles. The van der Waals surface area contributed by atoms with E-state index >= 15 is 0 Å². The van der Waals surface area contributed by atoms with Crippen molar-refractivity contribution in [1.29, 1.82) is 10.5 Å². The maximum absolute atomic E-state index is 12.2. The molecule has 0 bridgehead atoms. The van der Waals surface area contributed by atoms with Crippen LogP contribution in [-0.2, 0) is 10.8 Å². The van der Waals surface area contributed by atoms with Gasteiger partial charge in [-0.2, -0.15) is 28.1 Å². The summed E-state index contributed by atoms with van der Waals surface area (Å²) in [5, 5.41) is 17.4. The van der Waals surface area contributed by atoms with Crippen LogP contribution in [0.5, 0.6) is 11.5 Å². The standard InChI is InChI=1S/2C12H13F2NO/c1-12(2,3)9-5-4-8(7-15)10(6-9)16-11(13)14;1-12(2,3)9-5-4-8(7-15)6-10(9)16-11(13)14/h2*4-6,11H,1-3H3. The summed E-state index contributed by atoms with van der Waals surface area (Å²) in [5.41, 5.74) is 1.46. The van der Waals surface area contributed by atoms with Crippen molar-refractivity contribution < 1.29 is 27.0 Å². The molecule has 0 aliphatic heterocycles. The van der Waals surface area contributed by atoms with Crippen LogP contribution in [0.1, 0.15) is 63.8 Å². The van der Waals surface area contributed by atoms with Crippen LogP contribution in [0.15, 0.2) is 36.4 Å². The minimum Gasteiger partial charge on any atom is -0.434 e. The molecule has 0 unspecified atom stereocenters. The third kappa shape index (κ3) is 8.11. The fourth-order valence-corrected chi connectivity index (χ4v) is 2.68. The predicted octanol–water partition coefficient (Wildman–Crippen LogP) is 6.91. The number of benzene rings is 2. The normalized spacial score (nSPS) is 11.3. The molecule has 0 amide bonds. The second-order valence-electron chi connectivity index (χ2n) is 8.90. The average Bonchev–Trinajstić information content (AvgIpc) is 2.65. The first-order valence-electron chi connectivity index (χ1n) is 9.68. The van der Waals surface area contributed by atoms with Crippen LogP contribution < -0.4 is 9.47 Å². The Hall–Kier alpha value is -3.26. The van der Waals surface area contributed by atoms with Gasteiger partial charge in [0.05, 0.1) is 17.2 Å². The Morgan fingerprint density at radius 1 is 0.719 bits per heavy atom. The smallest absolute Gasteiger partial charge is 0.387 e. The zero-order chi connectivity index (χ0) is 24.7. The Bertz CT molecular complexity index is 995. The van der Waals surface area contributed by atoms with Gasteiger partial charge in [0, 0.05) is 0 Å². The average molecular weight is 450 g/mol. The van der Waals surface area contributed by atoms with Gasteiger partial charge in [-0.3, -0.25) is 0 Å². The molecule has 172 valence electrons. The largest absolute Gasteiger partial charge is 0.434 e. The van der Waals surface area contributed by atoms with Crippen LogP contribution >= 0.6 is 0 Å². The number of nitriles is 2. The maximum atomic E-state index is 12.2. The molecule has 0 fully saturated rings. The van der Waals surface area contributed by atoms with Crippen LogP contribution in [0.25, 0.3) is 0 Å². The Morgan fingerprint density at radius 3 is 1.72 bits per heavy atom. The van der Waals surface area contributed by atoms with Crippen LogP contribution in [0.3, 0.4) is 0 Å². The number of halogens is 4. The fourth-order valence-electron chi connectivity index (χ4n) is 2.68. The lowest BCUT2D eigenvalue weighted by Crippen LogP contribution is -2.15. The van der Waals surface area contributed by atoms with E-state index in [0.717, 1.165) is 5.56 Å². The van der Waals surface area contributed by atoms with Gasteiger partial charge in [0.1, 0.15) is 17.6 Å².